The lowest BCUT2D eigenvalue weighted by atomic mass is 10.0. The number of aliphatic hydroxyl groups excluding tert-OH is 1. The maximum Gasteiger partial charge on any atom is 0.472 e. The lowest BCUT2D eigenvalue weighted by Crippen LogP contribution is -2.30. The van der Waals surface area contributed by atoms with Gasteiger partial charge in [-0.25, -0.2) is 9.13 Å². The van der Waals surface area contributed by atoms with Crippen LogP contribution in [0.15, 0.2) is 0 Å². The zero-order chi connectivity index (χ0) is 60.8. The van der Waals surface area contributed by atoms with Crippen LogP contribution in [-0.4, -0.2) is 96.7 Å². The molecular formula is C63H122O17P2. The van der Waals surface area contributed by atoms with Gasteiger partial charge >= 0.3 is 39.5 Å². The number of phosphoric ester groups is 2. The number of carbonyl (C=O) groups is 4. The topological polar surface area (TPSA) is 237 Å². The molecule has 0 amide bonds. The average Bonchev–Trinajstić information content (AvgIpc) is 3.44. The van der Waals surface area contributed by atoms with Gasteiger partial charge < -0.3 is 33.8 Å². The summed E-state index contributed by atoms with van der Waals surface area (Å²) in [6.45, 7) is 9.42. The Labute approximate surface area is 498 Å². The molecule has 0 aromatic rings. The fourth-order valence-electron chi connectivity index (χ4n) is 9.35. The van der Waals surface area contributed by atoms with Crippen LogP contribution in [0.25, 0.3) is 0 Å². The fourth-order valence-corrected chi connectivity index (χ4v) is 10.9. The van der Waals surface area contributed by atoms with Crippen molar-refractivity contribution in [2.75, 3.05) is 39.6 Å². The molecule has 486 valence electrons. The van der Waals surface area contributed by atoms with Gasteiger partial charge in [-0.2, -0.15) is 0 Å². The second-order valence-corrected chi connectivity index (χ2v) is 26.7. The van der Waals surface area contributed by atoms with E-state index in [1.807, 2.05) is 0 Å². The molecule has 0 heterocycles. The second kappa shape index (κ2) is 55.6. The normalized spacial score (nSPS) is 14.3. The van der Waals surface area contributed by atoms with E-state index >= 15 is 0 Å². The van der Waals surface area contributed by atoms with Gasteiger partial charge in [0.05, 0.1) is 26.4 Å². The van der Waals surface area contributed by atoms with Crippen LogP contribution in [0.5, 0.6) is 0 Å². The minimum absolute atomic E-state index is 0.105. The predicted molar refractivity (Wildman–Crippen MR) is 326 cm³/mol. The van der Waals surface area contributed by atoms with Crippen LogP contribution in [0.3, 0.4) is 0 Å². The predicted octanol–water partition coefficient (Wildman–Crippen LogP) is 17.3. The molecular weight excluding hydrogens is 1090 g/mol. The van der Waals surface area contributed by atoms with Crippen molar-refractivity contribution in [1.82, 2.24) is 0 Å². The summed E-state index contributed by atoms with van der Waals surface area (Å²) in [7, 11) is -9.88. The Kier molecular flexibility index (Phi) is 54.3. The van der Waals surface area contributed by atoms with Crippen LogP contribution in [0, 0.1) is 11.8 Å². The molecule has 0 spiro atoms. The number of aliphatic hydroxyl groups is 1. The molecule has 0 radical (unpaired) electrons. The third-order valence-electron chi connectivity index (χ3n) is 14.5. The third kappa shape index (κ3) is 57.2. The van der Waals surface area contributed by atoms with Gasteiger partial charge in [-0.05, 0) is 37.5 Å². The summed E-state index contributed by atoms with van der Waals surface area (Å²) in [5.41, 5.74) is 0. The number of phosphoric acid groups is 2. The van der Waals surface area contributed by atoms with Crippen LogP contribution in [-0.2, 0) is 65.4 Å². The van der Waals surface area contributed by atoms with Crippen molar-refractivity contribution in [3.63, 3.8) is 0 Å². The zero-order valence-corrected chi connectivity index (χ0v) is 54.6. The van der Waals surface area contributed by atoms with E-state index in [0.717, 1.165) is 115 Å². The molecule has 0 aliphatic carbocycles. The number of carbonyl (C=O) groups excluding carboxylic acids is 4. The molecule has 0 aliphatic rings. The van der Waals surface area contributed by atoms with E-state index in [4.69, 9.17) is 37.0 Å². The van der Waals surface area contributed by atoms with Crippen molar-refractivity contribution in [2.45, 2.75) is 330 Å². The van der Waals surface area contributed by atoms with E-state index in [-0.39, 0.29) is 25.7 Å². The van der Waals surface area contributed by atoms with E-state index in [1.54, 1.807) is 0 Å². The third-order valence-corrected chi connectivity index (χ3v) is 16.4. The van der Waals surface area contributed by atoms with Gasteiger partial charge in [0.25, 0.3) is 0 Å². The summed E-state index contributed by atoms with van der Waals surface area (Å²) < 4.78 is 67.8. The summed E-state index contributed by atoms with van der Waals surface area (Å²) in [5, 5.41) is 10.5. The summed E-state index contributed by atoms with van der Waals surface area (Å²) in [6.07, 6.45) is 37.6. The van der Waals surface area contributed by atoms with Crippen molar-refractivity contribution in [3.05, 3.63) is 0 Å². The number of hydrogen-bond acceptors (Lipinski definition) is 15. The lowest BCUT2D eigenvalue weighted by molar-refractivity contribution is -0.161. The number of esters is 4. The van der Waals surface area contributed by atoms with Crippen molar-refractivity contribution in [1.29, 1.82) is 0 Å². The van der Waals surface area contributed by atoms with Crippen molar-refractivity contribution >= 4 is 39.5 Å². The van der Waals surface area contributed by atoms with E-state index in [1.165, 1.54) is 116 Å². The zero-order valence-electron chi connectivity index (χ0n) is 52.8. The molecule has 19 heteroatoms. The molecule has 17 nitrogen and oxygen atoms in total. The highest BCUT2D eigenvalue weighted by Crippen LogP contribution is 2.45. The molecule has 0 saturated carbocycles. The number of hydrogen-bond donors (Lipinski definition) is 3. The molecule has 3 N–H and O–H groups in total. The van der Waals surface area contributed by atoms with E-state index in [2.05, 4.69) is 41.5 Å². The van der Waals surface area contributed by atoms with Crippen molar-refractivity contribution < 1.29 is 80.2 Å². The minimum atomic E-state index is -4.94. The molecule has 0 rings (SSSR count). The first kappa shape index (κ1) is 80.1. The maximum atomic E-state index is 13.0. The Hall–Kier alpha value is -1.94. The van der Waals surface area contributed by atoms with Gasteiger partial charge in [-0.15, -0.1) is 0 Å². The quantitative estimate of drug-likeness (QED) is 0.0222. The SMILES string of the molecule is CCCCCCCCCCCC(=O)O[C@H](COC(=O)CCCCCCCCC)COP(=O)(O)OC[C@H](O)COP(=O)(O)OC[C@@H](COC(=O)CCCCCCCCCCCCC(C)C)OC(=O)CCCCCCCCCCCCC(C)C. The van der Waals surface area contributed by atoms with E-state index < -0.39 is 97.5 Å². The van der Waals surface area contributed by atoms with Crippen molar-refractivity contribution in [2.24, 2.45) is 11.8 Å². The largest absolute Gasteiger partial charge is 0.472 e. The fraction of sp³-hybridized carbons (Fsp3) is 0.937. The first-order valence-corrected chi connectivity index (χ1v) is 36.0. The molecule has 0 fully saturated rings. The van der Waals surface area contributed by atoms with Gasteiger partial charge in [-0.3, -0.25) is 37.3 Å². The first-order valence-electron chi connectivity index (χ1n) is 33.0. The summed E-state index contributed by atoms with van der Waals surface area (Å²) in [4.78, 5) is 72.0. The summed E-state index contributed by atoms with van der Waals surface area (Å²) >= 11 is 0. The molecule has 0 bridgehead atoms. The molecule has 0 aromatic carbocycles. The van der Waals surface area contributed by atoms with Crippen LogP contribution < -0.4 is 0 Å². The highest BCUT2D eigenvalue weighted by Gasteiger charge is 2.30. The Morgan fingerprint density at radius 3 is 0.829 bits per heavy atom. The number of rotatable bonds is 62. The maximum absolute atomic E-state index is 13.0. The average molecular weight is 1210 g/mol. The van der Waals surface area contributed by atoms with Crippen LogP contribution in [0.4, 0.5) is 0 Å². The highest BCUT2D eigenvalue weighted by atomic mass is 31.2. The molecule has 5 atom stereocenters. The minimum Gasteiger partial charge on any atom is -0.462 e. The molecule has 2 unspecified atom stereocenters. The number of unbranched alkanes of at least 4 members (excludes halogenated alkanes) is 32. The Balaban J connectivity index is 5.21. The smallest absolute Gasteiger partial charge is 0.462 e. The van der Waals surface area contributed by atoms with Crippen LogP contribution >= 0.6 is 15.6 Å². The van der Waals surface area contributed by atoms with Crippen LogP contribution in [0.1, 0.15) is 311 Å². The van der Waals surface area contributed by atoms with Crippen LogP contribution in [0.2, 0.25) is 0 Å². The Bertz CT molecular complexity index is 1620. The van der Waals surface area contributed by atoms with Gasteiger partial charge in [0.2, 0.25) is 0 Å². The Morgan fingerprint density at radius 1 is 0.329 bits per heavy atom. The van der Waals surface area contributed by atoms with Crippen molar-refractivity contribution in [3.8, 4) is 0 Å². The summed E-state index contributed by atoms with van der Waals surface area (Å²) in [6, 6.07) is 0. The standard InChI is InChI=1S/C63H122O17P2/c1-7-9-11-13-15-20-29-35-41-47-62(67)79-58(51-73-60(65)45-39-33-25-14-12-10-8-2)53-77-81(69,70)75-49-57(64)50-76-82(71,72)78-54-59(80-63(68)48-42-36-30-24-19-17-22-27-32-38-44-56(5)6)52-74-61(66)46-40-34-28-23-18-16-21-26-31-37-43-55(3)4/h55-59,64H,7-54H2,1-6H3,(H,69,70)(H,71,72)/t57-,58+,59+/m0/s1. The molecule has 82 heavy (non-hydrogen) atoms. The van der Waals surface area contributed by atoms with Gasteiger partial charge in [-0.1, -0.05) is 260 Å². The molecule has 0 saturated heterocycles. The second-order valence-electron chi connectivity index (χ2n) is 23.7. The van der Waals surface area contributed by atoms with E-state index in [0.29, 0.717) is 25.7 Å². The van der Waals surface area contributed by atoms with E-state index in [9.17, 15) is 43.2 Å². The van der Waals surface area contributed by atoms with Gasteiger partial charge in [0.15, 0.2) is 12.2 Å². The molecule has 0 aromatic heterocycles. The summed E-state index contributed by atoms with van der Waals surface area (Å²) in [5.74, 6) is -0.629. The lowest BCUT2D eigenvalue weighted by Gasteiger charge is -2.21. The number of ether oxygens (including phenoxy) is 4. The van der Waals surface area contributed by atoms with Gasteiger partial charge in [0, 0.05) is 25.7 Å². The monoisotopic (exact) mass is 1210 g/mol. The highest BCUT2D eigenvalue weighted by molar-refractivity contribution is 7.47. The van der Waals surface area contributed by atoms with Gasteiger partial charge in [0.1, 0.15) is 19.3 Å². The Morgan fingerprint density at radius 2 is 0.561 bits per heavy atom. The first-order chi connectivity index (χ1) is 39.4. The molecule has 0 aliphatic heterocycles.